The van der Waals surface area contributed by atoms with Crippen molar-refractivity contribution in [2.75, 3.05) is 26.9 Å². The molecule has 3 N–H and O–H groups in total. The van der Waals surface area contributed by atoms with Crippen LogP contribution < -0.4 is 15.4 Å². The Morgan fingerprint density at radius 1 is 1.00 bits per heavy atom. The van der Waals surface area contributed by atoms with E-state index in [1.54, 1.807) is 55.5 Å². The van der Waals surface area contributed by atoms with Crippen LogP contribution in [0.1, 0.15) is 13.8 Å². The minimum absolute atomic E-state index is 0.0205. The number of anilines is 3. The van der Waals surface area contributed by atoms with Gasteiger partial charge < -0.3 is 15.1 Å². The fourth-order valence-corrected chi connectivity index (χ4v) is 3.72. The molecule has 1 aromatic heterocycles. The van der Waals surface area contributed by atoms with Gasteiger partial charge in [0, 0.05) is 29.5 Å². The second-order valence-corrected chi connectivity index (χ2v) is 9.49. The predicted octanol–water partition coefficient (Wildman–Crippen LogP) is 3.19. The van der Waals surface area contributed by atoms with Gasteiger partial charge in [-0.3, -0.25) is 14.3 Å². The van der Waals surface area contributed by atoms with Crippen LogP contribution >= 0.6 is 11.8 Å². The molecule has 0 saturated carbocycles. The minimum atomic E-state index is -3.35. The number of carbonyl (C=O) groups excluding carboxylic acids is 2. The molecule has 168 valence electrons. The van der Waals surface area contributed by atoms with Crippen LogP contribution in [0.3, 0.4) is 0 Å². The summed E-state index contributed by atoms with van der Waals surface area (Å²) in [6.07, 6.45) is 0. The van der Waals surface area contributed by atoms with Gasteiger partial charge in [-0.15, -0.1) is 10.2 Å². The van der Waals surface area contributed by atoms with E-state index < -0.39 is 10.0 Å². The molecule has 0 spiro atoms. The maximum Gasteiger partial charge on any atom is 0.277 e. The van der Waals surface area contributed by atoms with E-state index in [9.17, 15) is 18.0 Å². The smallest absolute Gasteiger partial charge is 0.277 e. The molecule has 0 unspecified atom stereocenters. The number of rotatable bonds is 9. The van der Waals surface area contributed by atoms with Crippen molar-refractivity contribution >= 4 is 50.7 Å². The molecule has 0 aliphatic heterocycles. The van der Waals surface area contributed by atoms with E-state index >= 15 is 0 Å². The molecule has 0 aliphatic carbocycles. The number of aromatic nitrogens is 2. The van der Waals surface area contributed by atoms with Crippen LogP contribution in [0.4, 0.5) is 17.1 Å². The molecule has 10 nitrogen and oxygen atoms in total. The first-order valence-corrected chi connectivity index (χ1v) is 12.1. The molecule has 0 aliphatic rings. The van der Waals surface area contributed by atoms with Crippen LogP contribution in [0, 0.1) is 0 Å². The molecular formula is C20H21N5O5S2. The lowest BCUT2D eigenvalue weighted by Gasteiger charge is -2.07. The number of nitrogens with zero attached hydrogens (tertiary/aromatic N) is 2. The molecule has 0 saturated heterocycles. The lowest BCUT2D eigenvalue weighted by molar-refractivity contribution is -0.114. The van der Waals surface area contributed by atoms with Crippen LogP contribution in [-0.4, -0.2) is 41.9 Å². The lowest BCUT2D eigenvalue weighted by Crippen LogP contribution is -2.14. The van der Waals surface area contributed by atoms with Crippen LogP contribution in [-0.2, 0) is 19.6 Å². The zero-order chi connectivity index (χ0) is 23.1. The monoisotopic (exact) mass is 475 g/mol. The van der Waals surface area contributed by atoms with Crippen molar-refractivity contribution in [3.05, 3.63) is 48.5 Å². The molecule has 12 heteroatoms. The number of carbonyl (C=O) groups is 2. The second kappa shape index (κ2) is 10.3. The van der Waals surface area contributed by atoms with Gasteiger partial charge in [0.25, 0.3) is 5.22 Å². The highest BCUT2D eigenvalue weighted by molar-refractivity contribution is 7.99. The third-order valence-corrected chi connectivity index (χ3v) is 6.11. The quantitative estimate of drug-likeness (QED) is 0.400. The summed E-state index contributed by atoms with van der Waals surface area (Å²) in [5.74, 6) is -0.201. The Bertz CT molecular complexity index is 1210. The summed E-state index contributed by atoms with van der Waals surface area (Å²) in [6.45, 7) is 2.96. The number of benzene rings is 2. The summed E-state index contributed by atoms with van der Waals surface area (Å²) >= 11 is 1.08. The Balaban J connectivity index is 1.55. The zero-order valence-corrected chi connectivity index (χ0v) is 18.9. The van der Waals surface area contributed by atoms with Crippen molar-refractivity contribution in [1.29, 1.82) is 0 Å². The summed E-state index contributed by atoms with van der Waals surface area (Å²) in [4.78, 5) is 23.3. The zero-order valence-electron chi connectivity index (χ0n) is 17.3. The summed E-state index contributed by atoms with van der Waals surface area (Å²) < 4.78 is 31.3. The van der Waals surface area contributed by atoms with Gasteiger partial charge in [0.05, 0.1) is 11.5 Å². The molecule has 2 aromatic carbocycles. The number of hydrogen-bond acceptors (Lipinski definition) is 8. The Hall–Kier alpha value is -3.38. The first-order chi connectivity index (χ1) is 15.2. The molecule has 32 heavy (non-hydrogen) atoms. The molecule has 0 bridgehead atoms. The highest BCUT2D eigenvalue weighted by Crippen LogP contribution is 2.25. The third-order valence-electron chi connectivity index (χ3n) is 3.99. The number of amides is 2. The van der Waals surface area contributed by atoms with Crippen molar-refractivity contribution in [3.63, 3.8) is 0 Å². The minimum Gasteiger partial charge on any atom is -0.411 e. The normalized spacial score (nSPS) is 11.1. The fourth-order valence-electron chi connectivity index (χ4n) is 2.52. The van der Waals surface area contributed by atoms with Crippen molar-refractivity contribution in [1.82, 2.24) is 10.2 Å². The van der Waals surface area contributed by atoms with Crippen LogP contribution in [0.5, 0.6) is 0 Å². The molecule has 2 amide bonds. The van der Waals surface area contributed by atoms with Gasteiger partial charge in [0.1, 0.15) is 0 Å². The fraction of sp³-hybridized carbons (Fsp3) is 0.200. The first kappa shape index (κ1) is 23.3. The molecule has 0 radical (unpaired) electrons. The summed E-state index contributed by atoms with van der Waals surface area (Å²) in [6, 6.07) is 13.3. The SMILES string of the molecule is CCS(=O)(=O)Nc1ccc(-c2nnc(SCC(=O)Nc3cccc(NC(C)=O)c3)o2)cc1. The maximum atomic E-state index is 12.2. The Labute approximate surface area is 189 Å². The van der Waals surface area contributed by atoms with Gasteiger partial charge in [-0.2, -0.15) is 0 Å². The summed E-state index contributed by atoms with van der Waals surface area (Å²) in [5, 5.41) is 13.5. The van der Waals surface area contributed by atoms with Crippen LogP contribution in [0.2, 0.25) is 0 Å². The Morgan fingerprint density at radius 3 is 2.34 bits per heavy atom. The largest absolute Gasteiger partial charge is 0.411 e. The van der Waals surface area contributed by atoms with Crippen molar-refractivity contribution in [2.24, 2.45) is 0 Å². The molecule has 3 rings (SSSR count). The molecule has 0 atom stereocenters. The van der Waals surface area contributed by atoms with E-state index in [0.29, 0.717) is 22.6 Å². The van der Waals surface area contributed by atoms with Crippen LogP contribution in [0.15, 0.2) is 58.2 Å². The van der Waals surface area contributed by atoms with Gasteiger partial charge in [-0.05, 0) is 49.4 Å². The molecule has 1 heterocycles. The Kier molecular flexibility index (Phi) is 7.49. The molecule has 3 aromatic rings. The second-order valence-electron chi connectivity index (χ2n) is 6.55. The van der Waals surface area contributed by atoms with E-state index in [-0.39, 0.29) is 34.4 Å². The predicted molar refractivity (Wildman–Crippen MR) is 123 cm³/mol. The van der Waals surface area contributed by atoms with E-state index in [2.05, 4.69) is 25.6 Å². The van der Waals surface area contributed by atoms with Gasteiger partial charge >= 0.3 is 0 Å². The highest BCUT2D eigenvalue weighted by atomic mass is 32.2. The lowest BCUT2D eigenvalue weighted by atomic mass is 10.2. The molecular weight excluding hydrogens is 454 g/mol. The summed E-state index contributed by atoms with van der Waals surface area (Å²) in [7, 11) is -3.35. The average Bonchev–Trinajstić information content (AvgIpc) is 3.21. The topological polar surface area (TPSA) is 143 Å². The van der Waals surface area contributed by atoms with E-state index in [1.165, 1.54) is 6.92 Å². The van der Waals surface area contributed by atoms with Crippen molar-refractivity contribution < 1.29 is 22.4 Å². The van der Waals surface area contributed by atoms with Gasteiger partial charge in [-0.25, -0.2) is 8.42 Å². The van der Waals surface area contributed by atoms with E-state index in [4.69, 9.17) is 4.42 Å². The van der Waals surface area contributed by atoms with Gasteiger partial charge in [0.15, 0.2) is 0 Å². The number of hydrogen-bond donors (Lipinski definition) is 3. The number of thioether (sulfide) groups is 1. The van der Waals surface area contributed by atoms with Gasteiger partial charge in [-0.1, -0.05) is 17.8 Å². The van der Waals surface area contributed by atoms with Crippen molar-refractivity contribution in [3.8, 4) is 11.5 Å². The average molecular weight is 476 g/mol. The third kappa shape index (κ3) is 6.82. The Morgan fingerprint density at radius 2 is 1.69 bits per heavy atom. The molecule has 0 fully saturated rings. The highest BCUT2D eigenvalue weighted by Gasteiger charge is 2.13. The van der Waals surface area contributed by atoms with E-state index in [0.717, 1.165) is 11.8 Å². The van der Waals surface area contributed by atoms with Crippen LogP contribution in [0.25, 0.3) is 11.5 Å². The first-order valence-electron chi connectivity index (χ1n) is 9.49. The van der Waals surface area contributed by atoms with Gasteiger partial charge in [0.2, 0.25) is 27.7 Å². The number of sulfonamides is 1. The van der Waals surface area contributed by atoms with Crippen molar-refractivity contribution in [2.45, 2.75) is 19.1 Å². The number of nitrogens with one attached hydrogen (secondary N) is 3. The standard InChI is InChI=1S/C20H21N5O5S2/c1-3-32(28,29)25-15-9-7-14(8-10-15)19-23-24-20(30-19)31-12-18(27)22-17-6-4-5-16(11-17)21-13(2)26/h4-11,25H,3,12H2,1-2H3,(H,21,26)(H,22,27). The van der Waals surface area contributed by atoms with E-state index in [1.807, 2.05) is 0 Å². The maximum absolute atomic E-state index is 12.2. The summed E-state index contributed by atoms with van der Waals surface area (Å²) in [5.41, 5.74) is 2.18.